The molecule has 1 unspecified atom stereocenters. The van der Waals surface area contributed by atoms with Gasteiger partial charge in [-0.25, -0.2) is 4.79 Å². The van der Waals surface area contributed by atoms with Gasteiger partial charge in [-0.15, -0.1) is 0 Å². The number of hydrogen-bond donors (Lipinski definition) is 1. The maximum atomic E-state index is 11.8. The van der Waals surface area contributed by atoms with Gasteiger partial charge in [-0.05, 0) is 38.5 Å². The molecule has 0 saturated carbocycles. The van der Waals surface area contributed by atoms with Crippen LogP contribution in [0.1, 0.15) is 32.8 Å². The van der Waals surface area contributed by atoms with Gasteiger partial charge in [-0.3, -0.25) is 10.1 Å². The van der Waals surface area contributed by atoms with E-state index < -0.39 is 11.7 Å². The number of nitrogens with one attached hydrogen (secondary N) is 1. The summed E-state index contributed by atoms with van der Waals surface area (Å²) in [5.41, 5.74) is 1.10. The van der Waals surface area contributed by atoms with Crippen LogP contribution in [-0.2, 0) is 16.1 Å². The lowest BCUT2D eigenvalue weighted by molar-refractivity contribution is -0.128. The van der Waals surface area contributed by atoms with Gasteiger partial charge in [0.05, 0.1) is 0 Å². The smallest absolute Gasteiger partial charge is 0.412 e. The topological polar surface area (TPSA) is 58.6 Å². The Morgan fingerprint density at radius 2 is 2.18 bits per heavy atom. The number of ether oxygens (including phenoxy) is 1. The Morgan fingerprint density at radius 3 is 2.77 bits per heavy atom. The molecule has 5 nitrogen and oxygen atoms in total. The number of nitrogens with zero attached hydrogens (tertiary/aromatic N) is 1. The van der Waals surface area contributed by atoms with Crippen LogP contribution in [-0.4, -0.2) is 33.9 Å². The van der Waals surface area contributed by atoms with Gasteiger partial charge in [0.2, 0.25) is 5.91 Å². The third-order valence-corrected chi connectivity index (χ3v) is 3.73. The number of benzene rings is 1. The van der Waals surface area contributed by atoms with Crippen LogP contribution >= 0.6 is 15.9 Å². The van der Waals surface area contributed by atoms with E-state index in [-0.39, 0.29) is 10.7 Å². The number of amides is 2. The van der Waals surface area contributed by atoms with Crippen molar-refractivity contribution >= 4 is 33.6 Å². The highest BCUT2D eigenvalue weighted by molar-refractivity contribution is 9.09. The van der Waals surface area contributed by atoms with Gasteiger partial charge in [0.1, 0.15) is 5.60 Å². The standard InChI is InChI=1S/C16H21BrN2O3/c1-16(2,3)22-15(21)18-13-6-4-5-11(7-13)9-19-10-12(17)8-14(19)20/h4-7,12H,8-10H2,1-3H3,(H,18,21). The lowest BCUT2D eigenvalue weighted by atomic mass is 10.2. The molecule has 1 heterocycles. The average molecular weight is 369 g/mol. The van der Waals surface area contributed by atoms with Crippen molar-refractivity contribution in [1.29, 1.82) is 0 Å². The largest absolute Gasteiger partial charge is 0.444 e. The third-order valence-electron chi connectivity index (χ3n) is 3.11. The number of carbonyl (C=O) groups excluding carboxylic acids is 2. The van der Waals surface area contributed by atoms with E-state index in [1.165, 1.54) is 0 Å². The molecular weight excluding hydrogens is 348 g/mol. The van der Waals surface area contributed by atoms with Gasteiger partial charge in [-0.1, -0.05) is 28.1 Å². The van der Waals surface area contributed by atoms with Crippen LogP contribution < -0.4 is 5.32 Å². The number of halogens is 1. The van der Waals surface area contributed by atoms with E-state index in [0.29, 0.717) is 25.2 Å². The molecule has 0 bridgehead atoms. The molecule has 0 aliphatic carbocycles. The lowest BCUT2D eigenvalue weighted by Crippen LogP contribution is -2.27. The molecule has 1 N–H and O–H groups in total. The molecule has 1 aliphatic rings. The third kappa shape index (κ3) is 5.02. The van der Waals surface area contributed by atoms with Gasteiger partial charge in [0, 0.05) is 30.0 Å². The summed E-state index contributed by atoms with van der Waals surface area (Å²) in [5, 5.41) is 2.71. The number of alkyl halides is 1. The summed E-state index contributed by atoms with van der Waals surface area (Å²) in [5.74, 6) is 0.146. The monoisotopic (exact) mass is 368 g/mol. The molecule has 6 heteroatoms. The fraction of sp³-hybridized carbons (Fsp3) is 0.500. The highest BCUT2D eigenvalue weighted by Gasteiger charge is 2.27. The Hall–Kier alpha value is -1.56. The minimum atomic E-state index is -0.533. The van der Waals surface area contributed by atoms with Crippen molar-refractivity contribution in [3.8, 4) is 0 Å². The first-order chi connectivity index (χ1) is 10.2. The molecule has 1 saturated heterocycles. The molecule has 2 amide bonds. The van der Waals surface area contributed by atoms with Crippen LogP contribution in [0.5, 0.6) is 0 Å². The van der Waals surface area contributed by atoms with Crippen LogP contribution in [0.25, 0.3) is 0 Å². The minimum absolute atomic E-state index is 0.146. The van der Waals surface area contributed by atoms with Crippen LogP contribution in [0, 0.1) is 0 Å². The van der Waals surface area contributed by atoms with Crippen LogP contribution in [0.2, 0.25) is 0 Å². The number of hydrogen-bond acceptors (Lipinski definition) is 3. The van der Waals surface area contributed by atoms with Crippen LogP contribution in [0.4, 0.5) is 10.5 Å². The normalized spacial score (nSPS) is 18.5. The zero-order valence-electron chi connectivity index (χ0n) is 13.1. The molecule has 1 aromatic carbocycles. The van der Waals surface area contributed by atoms with Crippen LogP contribution in [0.15, 0.2) is 24.3 Å². The minimum Gasteiger partial charge on any atom is -0.444 e. The van der Waals surface area contributed by atoms with Crippen molar-refractivity contribution in [2.75, 3.05) is 11.9 Å². The zero-order chi connectivity index (χ0) is 16.3. The fourth-order valence-electron chi connectivity index (χ4n) is 2.27. The van der Waals surface area contributed by atoms with E-state index in [1.54, 1.807) is 6.07 Å². The first-order valence-electron chi connectivity index (χ1n) is 7.24. The number of carbonyl (C=O) groups is 2. The summed E-state index contributed by atoms with van der Waals surface area (Å²) >= 11 is 3.47. The van der Waals surface area contributed by atoms with E-state index in [1.807, 2.05) is 43.9 Å². The van der Waals surface area contributed by atoms with Gasteiger partial charge in [0.15, 0.2) is 0 Å². The molecule has 0 radical (unpaired) electrons. The van der Waals surface area contributed by atoms with E-state index >= 15 is 0 Å². The number of anilines is 1. The Morgan fingerprint density at radius 1 is 1.45 bits per heavy atom. The predicted molar refractivity (Wildman–Crippen MR) is 89.0 cm³/mol. The van der Waals surface area contributed by atoms with Crippen molar-refractivity contribution in [2.24, 2.45) is 0 Å². The molecule has 0 aromatic heterocycles. The van der Waals surface area contributed by atoms with Crippen molar-refractivity contribution in [2.45, 2.75) is 44.2 Å². The maximum Gasteiger partial charge on any atom is 0.412 e. The molecule has 1 aromatic rings. The van der Waals surface area contributed by atoms with Gasteiger partial charge >= 0.3 is 6.09 Å². The predicted octanol–water partition coefficient (Wildman–Crippen LogP) is 3.53. The van der Waals surface area contributed by atoms with Crippen LogP contribution in [0.3, 0.4) is 0 Å². The second-order valence-corrected chi connectivity index (χ2v) is 7.70. The van der Waals surface area contributed by atoms with Crippen molar-refractivity contribution in [3.05, 3.63) is 29.8 Å². The lowest BCUT2D eigenvalue weighted by Gasteiger charge is -2.20. The second-order valence-electron chi connectivity index (χ2n) is 6.40. The summed E-state index contributed by atoms with van der Waals surface area (Å²) in [7, 11) is 0. The molecule has 1 atom stereocenters. The molecular formula is C16H21BrN2O3. The highest BCUT2D eigenvalue weighted by Crippen LogP contribution is 2.21. The molecule has 0 spiro atoms. The SMILES string of the molecule is CC(C)(C)OC(=O)Nc1cccc(CN2CC(Br)CC2=O)c1. The van der Waals surface area contributed by atoms with Crippen molar-refractivity contribution in [3.63, 3.8) is 0 Å². The summed E-state index contributed by atoms with van der Waals surface area (Å²) in [6.45, 7) is 6.71. The van der Waals surface area contributed by atoms with E-state index in [4.69, 9.17) is 4.74 Å². The van der Waals surface area contributed by atoms with Gasteiger partial charge in [-0.2, -0.15) is 0 Å². The fourth-order valence-corrected chi connectivity index (χ4v) is 2.89. The van der Waals surface area contributed by atoms with E-state index in [9.17, 15) is 9.59 Å². The van der Waals surface area contributed by atoms with Gasteiger partial charge < -0.3 is 9.64 Å². The first-order valence-corrected chi connectivity index (χ1v) is 8.15. The Balaban J connectivity index is 1.98. The van der Waals surface area contributed by atoms with Crippen molar-refractivity contribution in [1.82, 2.24) is 4.90 Å². The second kappa shape index (κ2) is 6.69. The Labute approximate surface area is 139 Å². The molecule has 1 aliphatic heterocycles. The summed E-state index contributed by atoms with van der Waals surface area (Å²) < 4.78 is 5.23. The average Bonchev–Trinajstić information content (AvgIpc) is 2.65. The summed E-state index contributed by atoms with van der Waals surface area (Å²) in [6.07, 6.45) is 0.0537. The highest BCUT2D eigenvalue weighted by atomic mass is 79.9. The number of rotatable bonds is 3. The summed E-state index contributed by atoms with van der Waals surface area (Å²) in [4.78, 5) is 25.6. The molecule has 120 valence electrons. The molecule has 2 rings (SSSR count). The number of likely N-dealkylation sites (tertiary alicyclic amines) is 1. The van der Waals surface area contributed by atoms with E-state index in [2.05, 4.69) is 21.2 Å². The zero-order valence-corrected chi connectivity index (χ0v) is 14.6. The molecule has 22 heavy (non-hydrogen) atoms. The summed E-state index contributed by atoms with van der Waals surface area (Å²) in [6, 6.07) is 7.45. The quantitative estimate of drug-likeness (QED) is 0.830. The molecule has 1 fully saturated rings. The Kier molecular flexibility index (Phi) is 5.11. The first kappa shape index (κ1) is 16.8. The van der Waals surface area contributed by atoms with Crippen molar-refractivity contribution < 1.29 is 14.3 Å². The van der Waals surface area contributed by atoms with Gasteiger partial charge in [0.25, 0.3) is 0 Å². The maximum absolute atomic E-state index is 11.8. The Bertz CT molecular complexity index is 569. The van der Waals surface area contributed by atoms with E-state index in [0.717, 1.165) is 5.56 Å².